The fourth-order valence-corrected chi connectivity index (χ4v) is 4.85. The number of anilines is 1. The zero-order valence-electron chi connectivity index (χ0n) is 17.4. The van der Waals surface area contributed by atoms with Gasteiger partial charge in [-0.25, -0.2) is 0 Å². The Labute approximate surface area is 182 Å². The van der Waals surface area contributed by atoms with Gasteiger partial charge in [-0.15, -0.1) is 0 Å². The number of benzene rings is 2. The minimum absolute atomic E-state index is 0.00889. The molecule has 6 heteroatoms. The zero-order valence-corrected chi connectivity index (χ0v) is 17.4. The fraction of sp³-hybridized carbons (Fsp3) is 0.360. The molecule has 5 rings (SSSR count). The first-order valence-corrected chi connectivity index (χ1v) is 11.1. The third kappa shape index (κ3) is 4.27. The quantitative estimate of drug-likeness (QED) is 0.575. The lowest BCUT2D eigenvalue weighted by atomic mass is 10.0. The topological polar surface area (TPSA) is 79.2 Å². The van der Waals surface area contributed by atoms with E-state index in [1.807, 2.05) is 53.2 Å². The van der Waals surface area contributed by atoms with Gasteiger partial charge in [-0.2, -0.15) is 5.10 Å². The van der Waals surface area contributed by atoms with Crippen LogP contribution in [-0.4, -0.2) is 32.9 Å². The lowest BCUT2D eigenvalue weighted by Gasteiger charge is -2.20. The van der Waals surface area contributed by atoms with E-state index in [2.05, 4.69) is 27.9 Å². The lowest BCUT2D eigenvalue weighted by Crippen LogP contribution is -2.35. The number of aliphatic hydroxyl groups is 1. The summed E-state index contributed by atoms with van der Waals surface area (Å²) in [5.74, 6) is -0.00889. The summed E-state index contributed by atoms with van der Waals surface area (Å²) in [7, 11) is 0. The van der Waals surface area contributed by atoms with Crippen LogP contribution in [0.25, 0.3) is 0 Å². The van der Waals surface area contributed by atoms with Crippen LogP contribution in [0, 0.1) is 0 Å². The minimum Gasteiger partial charge on any atom is -0.387 e. The summed E-state index contributed by atoms with van der Waals surface area (Å²) in [6.45, 7) is 0. The van der Waals surface area contributed by atoms with Crippen LogP contribution in [0.4, 0.5) is 5.69 Å². The molecular formula is C25H28N4O2. The molecule has 3 aromatic rings. The largest absolute Gasteiger partial charge is 0.387 e. The Morgan fingerprint density at radius 1 is 1.10 bits per heavy atom. The summed E-state index contributed by atoms with van der Waals surface area (Å²) in [5.41, 5.74) is 4.12. The molecule has 1 fully saturated rings. The van der Waals surface area contributed by atoms with Gasteiger partial charge in [0.05, 0.1) is 6.10 Å². The van der Waals surface area contributed by atoms with Gasteiger partial charge >= 0.3 is 0 Å². The highest BCUT2D eigenvalue weighted by Gasteiger charge is 2.30. The maximum atomic E-state index is 12.7. The number of hydrogen-bond acceptors (Lipinski definition) is 4. The van der Waals surface area contributed by atoms with Gasteiger partial charge in [-0.05, 0) is 61.4 Å². The first-order valence-electron chi connectivity index (χ1n) is 11.1. The van der Waals surface area contributed by atoms with E-state index in [1.54, 1.807) is 6.20 Å². The lowest BCUT2D eigenvalue weighted by molar-refractivity contribution is -0.119. The number of rotatable bonds is 6. The van der Waals surface area contributed by atoms with E-state index in [9.17, 15) is 9.90 Å². The second-order valence-electron chi connectivity index (χ2n) is 8.61. The standard InChI is InChI=1S/C25H28N4O2/c30-24(18-4-2-1-3-5-18)22-12-10-20(27-22)16-17-6-8-19(9-7-17)28-25(31)23-13-11-21-14-15-26-29(21)23/h1-9,14-15,20,22-24,27,30H,10-13,16H2,(H,28,31)/t20-,22?,23+,24+/m0/s1. The highest BCUT2D eigenvalue weighted by molar-refractivity contribution is 5.94. The van der Waals surface area contributed by atoms with E-state index in [0.717, 1.165) is 49.0 Å². The van der Waals surface area contributed by atoms with Crippen molar-refractivity contribution in [2.24, 2.45) is 0 Å². The first kappa shape index (κ1) is 20.0. The number of nitrogens with zero attached hydrogens (tertiary/aromatic N) is 2. The predicted molar refractivity (Wildman–Crippen MR) is 120 cm³/mol. The van der Waals surface area contributed by atoms with Crippen LogP contribution in [0.2, 0.25) is 0 Å². The van der Waals surface area contributed by atoms with Gasteiger partial charge in [0.25, 0.3) is 0 Å². The molecular weight excluding hydrogens is 388 g/mol. The molecule has 2 aliphatic heterocycles. The van der Waals surface area contributed by atoms with Crippen molar-refractivity contribution in [3.8, 4) is 0 Å². The molecule has 2 aliphatic rings. The number of amides is 1. The molecule has 160 valence electrons. The first-order chi connectivity index (χ1) is 15.2. The van der Waals surface area contributed by atoms with Crippen molar-refractivity contribution >= 4 is 11.6 Å². The Kier molecular flexibility index (Phi) is 5.57. The highest BCUT2D eigenvalue weighted by atomic mass is 16.3. The molecule has 0 saturated carbocycles. The Bertz CT molecular complexity index is 1030. The second kappa shape index (κ2) is 8.65. The molecule has 31 heavy (non-hydrogen) atoms. The van der Waals surface area contributed by atoms with Crippen molar-refractivity contribution in [3.63, 3.8) is 0 Å². The Balaban J connectivity index is 1.15. The molecule has 1 aromatic heterocycles. The summed E-state index contributed by atoms with van der Waals surface area (Å²) in [4.78, 5) is 12.7. The zero-order chi connectivity index (χ0) is 21.2. The summed E-state index contributed by atoms with van der Waals surface area (Å²) < 4.78 is 1.83. The maximum Gasteiger partial charge on any atom is 0.249 e. The van der Waals surface area contributed by atoms with Gasteiger partial charge in [-0.1, -0.05) is 42.5 Å². The van der Waals surface area contributed by atoms with Crippen molar-refractivity contribution in [2.45, 2.75) is 56.3 Å². The van der Waals surface area contributed by atoms with E-state index in [0.29, 0.717) is 6.04 Å². The number of hydrogen-bond donors (Lipinski definition) is 3. The number of carbonyl (C=O) groups excluding carboxylic acids is 1. The normalized spacial score (nSPS) is 23.5. The van der Waals surface area contributed by atoms with E-state index >= 15 is 0 Å². The molecule has 3 N–H and O–H groups in total. The van der Waals surface area contributed by atoms with E-state index in [4.69, 9.17) is 0 Å². The van der Waals surface area contributed by atoms with Crippen molar-refractivity contribution in [1.82, 2.24) is 15.1 Å². The molecule has 0 spiro atoms. The van der Waals surface area contributed by atoms with Gasteiger partial charge in [0, 0.05) is 29.7 Å². The molecule has 1 unspecified atom stereocenters. The second-order valence-corrected chi connectivity index (χ2v) is 8.61. The summed E-state index contributed by atoms with van der Waals surface area (Å²) in [6.07, 6.45) is 5.89. The molecule has 6 nitrogen and oxygen atoms in total. The summed E-state index contributed by atoms with van der Waals surface area (Å²) in [5, 5.41) is 21.6. The van der Waals surface area contributed by atoms with Crippen LogP contribution in [-0.2, 0) is 17.6 Å². The van der Waals surface area contributed by atoms with E-state index < -0.39 is 6.10 Å². The van der Waals surface area contributed by atoms with Crippen LogP contribution in [0.15, 0.2) is 66.9 Å². The molecule has 0 radical (unpaired) electrons. The predicted octanol–water partition coefficient (Wildman–Crippen LogP) is 3.41. The number of aromatic nitrogens is 2. The van der Waals surface area contributed by atoms with E-state index in [-0.39, 0.29) is 18.0 Å². The van der Waals surface area contributed by atoms with Gasteiger partial charge in [-0.3, -0.25) is 9.48 Å². The van der Waals surface area contributed by atoms with Crippen LogP contribution in [0.3, 0.4) is 0 Å². The SMILES string of the molecule is O=C(Nc1ccc(C[C@@H]2CCC([C@H](O)c3ccccc3)N2)cc1)[C@H]1CCc2ccnn21. The fourth-order valence-electron chi connectivity index (χ4n) is 4.85. The minimum atomic E-state index is -0.477. The third-order valence-corrected chi connectivity index (χ3v) is 6.53. The monoisotopic (exact) mass is 416 g/mol. The van der Waals surface area contributed by atoms with Crippen LogP contribution in [0.1, 0.15) is 48.2 Å². The molecule has 2 aromatic carbocycles. The molecule has 1 saturated heterocycles. The Morgan fingerprint density at radius 2 is 1.90 bits per heavy atom. The number of aliphatic hydroxyl groups excluding tert-OH is 1. The summed E-state index contributed by atoms with van der Waals surface area (Å²) >= 11 is 0. The van der Waals surface area contributed by atoms with Crippen LogP contribution in [0.5, 0.6) is 0 Å². The van der Waals surface area contributed by atoms with Gasteiger partial charge in [0.2, 0.25) is 5.91 Å². The van der Waals surface area contributed by atoms with E-state index in [1.165, 1.54) is 5.56 Å². The number of aryl methyl sites for hydroxylation is 1. The number of fused-ring (bicyclic) bond motifs is 1. The van der Waals surface area contributed by atoms with Gasteiger partial charge in [0.1, 0.15) is 6.04 Å². The van der Waals surface area contributed by atoms with Crippen molar-refractivity contribution < 1.29 is 9.90 Å². The smallest absolute Gasteiger partial charge is 0.249 e. The van der Waals surface area contributed by atoms with Crippen molar-refractivity contribution in [2.75, 3.05) is 5.32 Å². The molecule has 3 heterocycles. The third-order valence-electron chi connectivity index (χ3n) is 6.53. The molecule has 0 bridgehead atoms. The van der Waals surface area contributed by atoms with Gasteiger partial charge in [0.15, 0.2) is 0 Å². The summed E-state index contributed by atoms with van der Waals surface area (Å²) in [6, 6.07) is 20.1. The Morgan fingerprint density at radius 3 is 2.71 bits per heavy atom. The average molecular weight is 417 g/mol. The van der Waals surface area contributed by atoms with Gasteiger partial charge < -0.3 is 15.7 Å². The average Bonchev–Trinajstić information content (AvgIpc) is 3.52. The highest BCUT2D eigenvalue weighted by Crippen LogP contribution is 2.28. The van der Waals surface area contributed by atoms with Crippen LogP contribution < -0.4 is 10.6 Å². The van der Waals surface area contributed by atoms with Crippen molar-refractivity contribution in [1.29, 1.82) is 0 Å². The van der Waals surface area contributed by atoms with Crippen LogP contribution >= 0.6 is 0 Å². The number of carbonyl (C=O) groups is 1. The van der Waals surface area contributed by atoms with Crippen molar-refractivity contribution in [3.05, 3.63) is 83.7 Å². The number of nitrogens with one attached hydrogen (secondary N) is 2. The molecule has 0 aliphatic carbocycles. The Hall–Kier alpha value is -2.96. The molecule has 1 amide bonds. The maximum absolute atomic E-state index is 12.7. The molecule has 4 atom stereocenters.